The van der Waals surface area contributed by atoms with E-state index in [-0.39, 0.29) is 56.7 Å². The lowest BCUT2D eigenvalue weighted by Gasteiger charge is -2.69. The molecule has 3 fully saturated rings. The summed E-state index contributed by atoms with van der Waals surface area (Å²) in [6, 6.07) is 2.18. The number of carbonyl (C=O) groups is 3. The molecule has 7 atom stereocenters. The Balaban J connectivity index is 1.69. The van der Waals surface area contributed by atoms with Gasteiger partial charge in [0.1, 0.15) is 6.07 Å². The number of nitrogens with one attached hydrogen (secondary N) is 1. The van der Waals surface area contributed by atoms with Crippen molar-refractivity contribution in [2.24, 2.45) is 44.8 Å². The summed E-state index contributed by atoms with van der Waals surface area (Å²) in [5.41, 5.74) is -0.470. The van der Waals surface area contributed by atoms with Crippen LogP contribution in [0.2, 0.25) is 0 Å². The number of allylic oxidation sites excluding steroid dienone is 4. The Hall–Kier alpha value is -2.22. The van der Waals surface area contributed by atoms with E-state index in [1.54, 1.807) is 0 Å². The molecule has 0 aromatic rings. The molecular formula is C31H42N2O3. The summed E-state index contributed by atoms with van der Waals surface area (Å²) in [6.07, 6.45) is 11.2. The average Bonchev–Trinajstić information content (AvgIpc) is 2.79. The maximum Gasteiger partial charge on any atom is 0.207 e. The zero-order valence-corrected chi connectivity index (χ0v) is 23.1. The maximum atomic E-state index is 14.3. The molecule has 5 nitrogen and oxygen atoms in total. The Morgan fingerprint density at radius 2 is 1.67 bits per heavy atom. The van der Waals surface area contributed by atoms with Crippen molar-refractivity contribution in [1.29, 1.82) is 5.26 Å². The Morgan fingerprint density at radius 3 is 2.31 bits per heavy atom. The molecule has 0 heterocycles. The predicted molar refractivity (Wildman–Crippen MR) is 138 cm³/mol. The standard InChI is InChI=1S/C31H42N2O3/c1-26(2)10-12-31(33-18-34)13-11-30(7)24(20(31)16-26)21(35)14-23-28(5)15-19(17-32)25(36)27(3,4)22(28)8-9-29(23,30)6/h14-15,18,20,22,24H,8-13,16H2,1-7H3,(H,33,34)/t20?,22-,24?,28-,29+,30+,31-/m0/s1. The lowest BCUT2D eigenvalue weighted by Crippen LogP contribution is -2.69. The molecular weight excluding hydrogens is 448 g/mol. The number of carbonyl (C=O) groups excluding carboxylic acids is 3. The molecule has 1 N–H and O–H groups in total. The smallest absolute Gasteiger partial charge is 0.207 e. The van der Waals surface area contributed by atoms with E-state index in [9.17, 15) is 19.6 Å². The molecule has 5 aliphatic carbocycles. The fraction of sp³-hybridized carbons (Fsp3) is 0.742. The highest BCUT2D eigenvalue weighted by Crippen LogP contribution is 2.73. The summed E-state index contributed by atoms with van der Waals surface area (Å²) in [7, 11) is 0. The van der Waals surface area contributed by atoms with Gasteiger partial charge >= 0.3 is 0 Å². The summed E-state index contributed by atoms with van der Waals surface area (Å²) < 4.78 is 0. The van der Waals surface area contributed by atoms with Gasteiger partial charge in [-0.25, -0.2) is 0 Å². The van der Waals surface area contributed by atoms with Crippen LogP contribution in [0.3, 0.4) is 0 Å². The molecule has 1 amide bonds. The summed E-state index contributed by atoms with van der Waals surface area (Å²) in [6.45, 7) is 15.4. The second-order valence-corrected chi connectivity index (χ2v) is 14.7. The summed E-state index contributed by atoms with van der Waals surface area (Å²) >= 11 is 0. The zero-order valence-electron chi connectivity index (χ0n) is 23.1. The molecule has 2 unspecified atom stereocenters. The topological polar surface area (TPSA) is 87.0 Å². The number of hydrogen-bond donors (Lipinski definition) is 1. The lowest BCUT2D eigenvalue weighted by molar-refractivity contribution is -0.162. The highest BCUT2D eigenvalue weighted by Gasteiger charge is 2.69. The highest BCUT2D eigenvalue weighted by molar-refractivity contribution is 6.04. The minimum Gasteiger partial charge on any atom is -0.353 e. The van der Waals surface area contributed by atoms with Gasteiger partial charge in [0, 0.05) is 22.3 Å². The van der Waals surface area contributed by atoms with Crippen LogP contribution >= 0.6 is 0 Å². The molecule has 0 saturated heterocycles. The average molecular weight is 491 g/mol. The third kappa shape index (κ3) is 2.96. The summed E-state index contributed by atoms with van der Waals surface area (Å²) in [5, 5.41) is 13.1. The van der Waals surface area contributed by atoms with Crippen molar-refractivity contribution in [3.05, 3.63) is 23.3 Å². The van der Waals surface area contributed by atoms with Gasteiger partial charge in [0.15, 0.2) is 11.6 Å². The molecule has 5 heteroatoms. The van der Waals surface area contributed by atoms with Gasteiger partial charge in [0.05, 0.1) is 5.57 Å². The van der Waals surface area contributed by atoms with E-state index in [2.05, 4.69) is 46.0 Å². The second-order valence-electron chi connectivity index (χ2n) is 14.7. The predicted octanol–water partition coefficient (Wildman–Crippen LogP) is 5.70. The number of ketones is 2. The van der Waals surface area contributed by atoms with Crippen molar-refractivity contribution in [3.63, 3.8) is 0 Å². The van der Waals surface area contributed by atoms with E-state index in [0.29, 0.717) is 0 Å². The van der Waals surface area contributed by atoms with Gasteiger partial charge in [-0.3, -0.25) is 14.4 Å². The number of Topliss-reactive ketones (excluding diaryl/α,β-unsaturated/α-hetero) is 1. The molecule has 0 aromatic carbocycles. The van der Waals surface area contributed by atoms with E-state index in [1.165, 1.54) is 0 Å². The van der Waals surface area contributed by atoms with Crippen LogP contribution in [0.4, 0.5) is 0 Å². The van der Waals surface area contributed by atoms with Gasteiger partial charge in [-0.2, -0.15) is 5.26 Å². The quantitative estimate of drug-likeness (QED) is 0.503. The van der Waals surface area contributed by atoms with Gasteiger partial charge < -0.3 is 5.32 Å². The number of nitriles is 1. The molecule has 194 valence electrons. The first-order valence-electron chi connectivity index (χ1n) is 13.8. The van der Waals surface area contributed by atoms with Crippen LogP contribution in [-0.2, 0) is 14.4 Å². The van der Waals surface area contributed by atoms with Crippen LogP contribution < -0.4 is 5.32 Å². The lowest BCUT2D eigenvalue weighted by atomic mass is 9.35. The molecule has 36 heavy (non-hydrogen) atoms. The molecule has 0 spiro atoms. The fourth-order valence-corrected chi connectivity index (χ4v) is 10.0. The Labute approximate surface area is 216 Å². The Kier molecular flexibility index (Phi) is 5.24. The molecule has 3 saturated carbocycles. The van der Waals surface area contributed by atoms with Crippen molar-refractivity contribution >= 4 is 18.0 Å². The fourth-order valence-electron chi connectivity index (χ4n) is 10.0. The van der Waals surface area contributed by atoms with E-state index < -0.39 is 10.8 Å². The van der Waals surface area contributed by atoms with Gasteiger partial charge in [-0.05, 0) is 79.1 Å². The first-order chi connectivity index (χ1) is 16.6. The molecule has 0 radical (unpaired) electrons. The van der Waals surface area contributed by atoms with Crippen LogP contribution in [0.15, 0.2) is 23.3 Å². The van der Waals surface area contributed by atoms with Crippen molar-refractivity contribution < 1.29 is 14.4 Å². The van der Waals surface area contributed by atoms with Crippen LogP contribution in [0, 0.1) is 56.2 Å². The molecule has 0 aliphatic heterocycles. The second kappa shape index (κ2) is 7.42. The van der Waals surface area contributed by atoms with Crippen molar-refractivity contribution in [2.45, 2.75) is 99.0 Å². The minimum atomic E-state index is -0.652. The zero-order chi connectivity index (χ0) is 26.5. The largest absolute Gasteiger partial charge is 0.353 e. The van der Waals surface area contributed by atoms with Crippen LogP contribution in [-0.4, -0.2) is 23.5 Å². The highest BCUT2D eigenvalue weighted by atomic mass is 16.1. The molecule has 0 aromatic heterocycles. The molecule has 0 bridgehead atoms. The van der Waals surface area contributed by atoms with Crippen molar-refractivity contribution in [3.8, 4) is 6.07 Å². The van der Waals surface area contributed by atoms with E-state index in [4.69, 9.17) is 0 Å². The third-order valence-corrected chi connectivity index (χ3v) is 12.2. The van der Waals surface area contributed by atoms with Crippen LogP contribution in [0.5, 0.6) is 0 Å². The first kappa shape index (κ1) is 25.4. The molecule has 5 rings (SSSR count). The number of amides is 1. The van der Waals surface area contributed by atoms with E-state index in [0.717, 1.165) is 56.9 Å². The summed E-state index contributed by atoms with van der Waals surface area (Å²) in [5.74, 6) is 0.106. The van der Waals surface area contributed by atoms with Crippen molar-refractivity contribution in [2.75, 3.05) is 0 Å². The number of hydrogen-bond acceptors (Lipinski definition) is 4. The summed E-state index contributed by atoms with van der Waals surface area (Å²) in [4.78, 5) is 39.2. The van der Waals surface area contributed by atoms with Crippen LogP contribution in [0.1, 0.15) is 93.4 Å². The van der Waals surface area contributed by atoms with Crippen molar-refractivity contribution in [1.82, 2.24) is 5.32 Å². The number of nitrogens with zero attached hydrogens (tertiary/aromatic N) is 1. The third-order valence-electron chi connectivity index (χ3n) is 12.2. The normalized spacial score (nSPS) is 46.6. The number of fused-ring (bicyclic) bond motifs is 7. The van der Waals surface area contributed by atoms with E-state index >= 15 is 0 Å². The first-order valence-corrected chi connectivity index (χ1v) is 13.8. The SMILES string of the molecule is CC1(C)CC[C@]2(NC=O)CC[C@]3(C)C(C(=O)C=C4[C@@]5(C)C=C(C#N)C(=O)C(C)(C)[C@@H]5CC[C@]43C)C2C1. The maximum absolute atomic E-state index is 14.3. The van der Waals surface area contributed by atoms with Crippen LogP contribution in [0.25, 0.3) is 0 Å². The Bertz CT molecular complexity index is 1150. The van der Waals surface area contributed by atoms with Gasteiger partial charge in [-0.15, -0.1) is 0 Å². The van der Waals surface area contributed by atoms with E-state index in [1.807, 2.05) is 26.0 Å². The Morgan fingerprint density at radius 1 is 1.00 bits per heavy atom. The minimum absolute atomic E-state index is 0.0508. The van der Waals surface area contributed by atoms with Gasteiger partial charge in [0.2, 0.25) is 6.41 Å². The van der Waals surface area contributed by atoms with Gasteiger partial charge in [0.25, 0.3) is 0 Å². The van der Waals surface area contributed by atoms with Gasteiger partial charge in [-0.1, -0.05) is 60.1 Å². The molecule has 5 aliphatic rings. The monoisotopic (exact) mass is 490 g/mol. The number of rotatable bonds is 2.